The Bertz CT molecular complexity index is 462. The molecule has 1 N–H and O–H groups in total. The van der Waals surface area contributed by atoms with Gasteiger partial charge < -0.3 is 10.1 Å². The Balaban J connectivity index is 2.41. The van der Waals surface area contributed by atoms with Crippen LogP contribution in [0.1, 0.15) is 54.6 Å². The molecule has 21 heavy (non-hydrogen) atoms. The number of thiazole rings is 1. The van der Waals surface area contributed by atoms with E-state index < -0.39 is 17.5 Å². The first kappa shape index (κ1) is 16.7. The highest BCUT2D eigenvalue weighted by Gasteiger charge is 2.43. The van der Waals surface area contributed by atoms with Gasteiger partial charge in [0.1, 0.15) is 10.6 Å². The van der Waals surface area contributed by atoms with Crippen molar-refractivity contribution in [2.45, 2.75) is 57.3 Å². The molecule has 0 saturated heterocycles. The third-order valence-corrected chi connectivity index (χ3v) is 5.02. The Hall–Kier alpha value is -0.660. The smallest absolute Gasteiger partial charge is 0.368 e. The van der Waals surface area contributed by atoms with E-state index in [-0.39, 0.29) is 11.4 Å². The molecular weight excluding hydrogens is 301 g/mol. The van der Waals surface area contributed by atoms with Gasteiger partial charge in [-0.1, -0.05) is 19.3 Å². The molecule has 0 spiro atoms. The van der Waals surface area contributed by atoms with E-state index in [4.69, 9.17) is 4.74 Å². The van der Waals surface area contributed by atoms with Gasteiger partial charge in [0.15, 0.2) is 5.69 Å². The van der Waals surface area contributed by atoms with E-state index >= 15 is 0 Å². The van der Waals surface area contributed by atoms with Crippen LogP contribution in [0.4, 0.5) is 13.2 Å². The van der Waals surface area contributed by atoms with Crippen molar-refractivity contribution in [3.05, 3.63) is 15.6 Å². The van der Waals surface area contributed by atoms with Gasteiger partial charge in [0.05, 0.1) is 4.88 Å². The minimum Gasteiger partial charge on any atom is -0.368 e. The number of aromatic nitrogens is 1. The summed E-state index contributed by atoms with van der Waals surface area (Å²) < 4.78 is 45.3. The zero-order chi connectivity index (χ0) is 15.5. The lowest BCUT2D eigenvalue weighted by Gasteiger charge is -2.35. The van der Waals surface area contributed by atoms with Gasteiger partial charge in [-0.3, -0.25) is 0 Å². The molecule has 0 bridgehead atoms. The SMILES string of the molecule is CCOC1(c2nc(C(F)(F)F)c(CNC)s2)CCCCC1. The summed E-state index contributed by atoms with van der Waals surface area (Å²) in [5.74, 6) is 0. The maximum Gasteiger partial charge on any atom is 0.434 e. The van der Waals surface area contributed by atoms with Crippen molar-refractivity contribution in [1.29, 1.82) is 0 Å². The molecule has 2 rings (SSSR count). The Morgan fingerprint density at radius 1 is 1.29 bits per heavy atom. The lowest BCUT2D eigenvalue weighted by Crippen LogP contribution is -2.32. The van der Waals surface area contributed by atoms with Gasteiger partial charge >= 0.3 is 6.18 Å². The van der Waals surface area contributed by atoms with E-state index in [1.807, 2.05) is 6.92 Å². The highest BCUT2D eigenvalue weighted by molar-refractivity contribution is 7.11. The van der Waals surface area contributed by atoms with Crippen LogP contribution in [0.2, 0.25) is 0 Å². The fraction of sp³-hybridized carbons (Fsp3) is 0.786. The molecule has 0 aromatic carbocycles. The Labute approximate surface area is 126 Å². The molecule has 1 aliphatic rings. The number of ether oxygens (including phenoxy) is 1. The Kier molecular flexibility index (Phi) is 5.27. The summed E-state index contributed by atoms with van der Waals surface area (Å²) in [4.78, 5) is 4.18. The second-order valence-corrected chi connectivity index (χ2v) is 6.39. The molecule has 0 atom stereocenters. The van der Waals surface area contributed by atoms with Gasteiger partial charge in [0.25, 0.3) is 0 Å². The topological polar surface area (TPSA) is 34.1 Å². The minimum atomic E-state index is -4.41. The lowest BCUT2D eigenvalue weighted by molar-refractivity contribution is -0.142. The Morgan fingerprint density at radius 2 is 1.95 bits per heavy atom. The third-order valence-electron chi connectivity index (χ3n) is 3.77. The van der Waals surface area contributed by atoms with E-state index in [9.17, 15) is 13.2 Å². The fourth-order valence-electron chi connectivity index (χ4n) is 2.87. The van der Waals surface area contributed by atoms with Crippen LogP contribution in [-0.4, -0.2) is 18.6 Å². The van der Waals surface area contributed by atoms with Gasteiger partial charge in [-0.15, -0.1) is 11.3 Å². The first-order valence-corrected chi connectivity index (χ1v) is 8.10. The fourth-order valence-corrected chi connectivity index (χ4v) is 4.16. The summed E-state index contributed by atoms with van der Waals surface area (Å²) in [6.45, 7) is 2.54. The van der Waals surface area contributed by atoms with E-state index in [1.54, 1.807) is 7.05 Å². The predicted octanol–water partition coefficient (Wildman–Crippen LogP) is 4.08. The first-order chi connectivity index (χ1) is 9.93. The quantitative estimate of drug-likeness (QED) is 0.887. The molecule has 1 aliphatic carbocycles. The van der Waals surface area contributed by atoms with E-state index in [1.165, 1.54) is 0 Å². The number of hydrogen-bond acceptors (Lipinski definition) is 4. The van der Waals surface area contributed by atoms with Crippen LogP contribution in [0, 0.1) is 0 Å². The third kappa shape index (κ3) is 3.57. The standard InChI is InChI=1S/C14H21F3N2OS/c1-3-20-13(7-5-4-6-8-13)12-19-11(14(15,16)17)10(21-12)9-18-2/h18H,3-9H2,1-2H3. The molecule has 1 aromatic rings. The first-order valence-electron chi connectivity index (χ1n) is 7.29. The zero-order valence-corrected chi connectivity index (χ0v) is 13.2. The van der Waals surface area contributed by atoms with E-state index in [2.05, 4.69) is 10.3 Å². The molecule has 1 aromatic heterocycles. The largest absolute Gasteiger partial charge is 0.434 e. The lowest BCUT2D eigenvalue weighted by atomic mass is 9.85. The average Bonchev–Trinajstić information content (AvgIpc) is 2.85. The van der Waals surface area contributed by atoms with Crippen LogP contribution >= 0.6 is 11.3 Å². The summed E-state index contributed by atoms with van der Waals surface area (Å²) in [5, 5.41) is 3.27. The van der Waals surface area contributed by atoms with Crippen molar-refractivity contribution in [2.75, 3.05) is 13.7 Å². The van der Waals surface area contributed by atoms with Crippen LogP contribution < -0.4 is 5.32 Å². The molecule has 0 radical (unpaired) electrons. The molecule has 0 amide bonds. The van der Waals surface area contributed by atoms with Crippen molar-refractivity contribution in [3.8, 4) is 0 Å². The number of halogens is 3. The molecular formula is C14H21F3N2OS. The van der Waals surface area contributed by atoms with Crippen molar-refractivity contribution in [2.24, 2.45) is 0 Å². The highest BCUT2D eigenvalue weighted by Crippen LogP contribution is 2.45. The molecule has 1 saturated carbocycles. The summed E-state index contributed by atoms with van der Waals surface area (Å²) in [7, 11) is 1.64. The van der Waals surface area contributed by atoms with Crippen LogP contribution in [0.25, 0.3) is 0 Å². The van der Waals surface area contributed by atoms with Crippen molar-refractivity contribution < 1.29 is 17.9 Å². The summed E-state index contributed by atoms with van der Waals surface area (Å²) >= 11 is 1.14. The van der Waals surface area contributed by atoms with Crippen molar-refractivity contribution >= 4 is 11.3 Å². The van der Waals surface area contributed by atoms with Crippen LogP contribution in [-0.2, 0) is 23.1 Å². The molecule has 7 heteroatoms. The second-order valence-electron chi connectivity index (χ2n) is 5.31. The van der Waals surface area contributed by atoms with E-state index in [0.717, 1.165) is 43.4 Å². The zero-order valence-electron chi connectivity index (χ0n) is 12.3. The molecule has 3 nitrogen and oxygen atoms in total. The maximum atomic E-state index is 13.1. The highest BCUT2D eigenvalue weighted by atomic mass is 32.1. The monoisotopic (exact) mass is 322 g/mol. The van der Waals surface area contributed by atoms with Gasteiger partial charge in [0.2, 0.25) is 0 Å². The van der Waals surface area contributed by atoms with Gasteiger partial charge in [-0.05, 0) is 26.8 Å². The second kappa shape index (κ2) is 6.62. The van der Waals surface area contributed by atoms with Crippen molar-refractivity contribution in [3.63, 3.8) is 0 Å². The summed E-state index contributed by atoms with van der Waals surface area (Å²) in [6.07, 6.45) is 0.151. The summed E-state index contributed by atoms with van der Waals surface area (Å²) in [5.41, 5.74) is -1.38. The number of hydrogen-bond donors (Lipinski definition) is 1. The normalized spacial score (nSPS) is 18.9. The number of nitrogens with one attached hydrogen (secondary N) is 1. The molecule has 0 unspecified atom stereocenters. The van der Waals surface area contributed by atoms with Crippen molar-refractivity contribution in [1.82, 2.24) is 10.3 Å². The van der Waals surface area contributed by atoms with Crippen LogP contribution in [0.15, 0.2) is 0 Å². The maximum absolute atomic E-state index is 13.1. The molecule has 1 heterocycles. The van der Waals surface area contributed by atoms with Gasteiger partial charge in [-0.25, -0.2) is 4.98 Å². The predicted molar refractivity (Wildman–Crippen MR) is 76.3 cm³/mol. The molecule has 120 valence electrons. The Morgan fingerprint density at radius 3 is 2.48 bits per heavy atom. The van der Waals surface area contributed by atoms with Gasteiger partial charge in [0, 0.05) is 13.2 Å². The average molecular weight is 322 g/mol. The molecule has 0 aliphatic heterocycles. The van der Waals surface area contributed by atoms with Crippen LogP contribution in [0.5, 0.6) is 0 Å². The van der Waals surface area contributed by atoms with E-state index in [0.29, 0.717) is 11.6 Å². The number of alkyl halides is 3. The van der Waals surface area contributed by atoms with Crippen LogP contribution in [0.3, 0.4) is 0 Å². The number of rotatable bonds is 5. The van der Waals surface area contributed by atoms with Gasteiger partial charge in [-0.2, -0.15) is 13.2 Å². The minimum absolute atomic E-state index is 0.175. The molecule has 1 fully saturated rings. The number of nitrogens with zero attached hydrogens (tertiary/aromatic N) is 1. The summed E-state index contributed by atoms with van der Waals surface area (Å²) in [6, 6.07) is 0.